The first-order valence-electron chi connectivity index (χ1n) is 8.22. The van der Waals surface area contributed by atoms with Gasteiger partial charge in [-0.2, -0.15) is 13.2 Å². The molecular weight excluding hydrogens is 351 g/mol. The van der Waals surface area contributed by atoms with Crippen LogP contribution in [0, 0.1) is 5.92 Å². The Morgan fingerprint density at radius 3 is 2.23 bits per heavy atom. The van der Waals surface area contributed by atoms with Gasteiger partial charge < -0.3 is 15.5 Å². The van der Waals surface area contributed by atoms with Gasteiger partial charge in [0.1, 0.15) is 6.54 Å². The Hall–Kier alpha value is -2.58. The molecule has 0 radical (unpaired) electrons. The molecule has 0 bridgehead atoms. The molecule has 1 aromatic rings. The van der Waals surface area contributed by atoms with Crippen LogP contribution in [-0.2, 0) is 9.59 Å². The molecule has 0 aliphatic carbocycles. The third-order valence-corrected chi connectivity index (χ3v) is 4.12. The molecule has 1 saturated heterocycles. The van der Waals surface area contributed by atoms with Crippen LogP contribution in [0.25, 0.3) is 0 Å². The summed E-state index contributed by atoms with van der Waals surface area (Å²) in [4.78, 5) is 37.2. The highest BCUT2D eigenvalue weighted by atomic mass is 19.4. The van der Waals surface area contributed by atoms with Crippen LogP contribution in [0.3, 0.4) is 0 Å². The number of likely N-dealkylation sites (tertiary alicyclic amines) is 1. The SMILES string of the molecule is O=C(NCC(=O)N1CCC(C(=O)NCC(F)(F)F)CC1)c1ccccc1. The van der Waals surface area contributed by atoms with E-state index in [9.17, 15) is 27.6 Å². The average molecular weight is 371 g/mol. The van der Waals surface area contributed by atoms with E-state index in [1.165, 1.54) is 4.90 Å². The zero-order valence-corrected chi connectivity index (χ0v) is 14.0. The summed E-state index contributed by atoms with van der Waals surface area (Å²) in [6.45, 7) is -0.983. The average Bonchev–Trinajstić information content (AvgIpc) is 2.64. The fourth-order valence-electron chi connectivity index (χ4n) is 2.68. The molecule has 26 heavy (non-hydrogen) atoms. The third-order valence-electron chi connectivity index (χ3n) is 4.12. The van der Waals surface area contributed by atoms with Crippen molar-refractivity contribution >= 4 is 17.7 Å². The number of nitrogens with zero attached hydrogens (tertiary/aromatic N) is 1. The van der Waals surface area contributed by atoms with E-state index in [2.05, 4.69) is 5.32 Å². The highest BCUT2D eigenvalue weighted by Gasteiger charge is 2.31. The molecule has 1 fully saturated rings. The maximum Gasteiger partial charge on any atom is 0.405 e. The Morgan fingerprint density at radius 2 is 1.65 bits per heavy atom. The van der Waals surface area contributed by atoms with E-state index in [0.29, 0.717) is 18.4 Å². The molecule has 1 heterocycles. The van der Waals surface area contributed by atoms with Crippen molar-refractivity contribution in [3.63, 3.8) is 0 Å². The molecule has 0 aromatic heterocycles. The number of rotatable bonds is 5. The lowest BCUT2D eigenvalue weighted by molar-refractivity contribution is -0.142. The summed E-state index contributed by atoms with van der Waals surface area (Å²) < 4.78 is 36.4. The van der Waals surface area contributed by atoms with Gasteiger partial charge in [0.2, 0.25) is 11.8 Å². The fraction of sp³-hybridized carbons (Fsp3) is 0.471. The molecule has 142 valence electrons. The van der Waals surface area contributed by atoms with Crippen LogP contribution in [0.4, 0.5) is 13.2 Å². The molecule has 1 aliphatic heterocycles. The van der Waals surface area contributed by atoms with Gasteiger partial charge in [0.25, 0.3) is 5.91 Å². The predicted octanol–water partition coefficient (Wildman–Crippen LogP) is 1.33. The third kappa shape index (κ3) is 6.05. The Morgan fingerprint density at radius 1 is 1.04 bits per heavy atom. The zero-order valence-electron chi connectivity index (χ0n) is 14.0. The molecule has 1 aliphatic rings. The molecule has 0 atom stereocenters. The van der Waals surface area contributed by atoms with E-state index in [4.69, 9.17) is 0 Å². The first-order chi connectivity index (χ1) is 12.3. The monoisotopic (exact) mass is 371 g/mol. The molecule has 6 nitrogen and oxygen atoms in total. The minimum Gasteiger partial charge on any atom is -0.347 e. The number of alkyl halides is 3. The number of amides is 3. The van der Waals surface area contributed by atoms with E-state index >= 15 is 0 Å². The maximum absolute atomic E-state index is 12.1. The van der Waals surface area contributed by atoms with Crippen LogP contribution < -0.4 is 10.6 Å². The summed E-state index contributed by atoms with van der Waals surface area (Å²) in [6.07, 6.45) is -3.85. The van der Waals surface area contributed by atoms with Gasteiger partial charge in [0.05, 0.1) is 6.54 Å². The van der Waals surface area contributed by atoms with Gasteiger partial charge in [-0.3, -0.25) is 14.4 Å². The Kier molecular flexibility index (Phi) is 6.59. The second-order valence-corrected chi connectivity index (χ2v) is 6.04. The molecule has 2 N–H and O–H groups in total. The predicted molar refractivity (Wildman–Crippen MR) is 87.1 cm³/mol. The van der Waals surface area contributed by atoms with Gasteiger partial charge in [-0.1, -0.05) is 18.2 Å². The minimum absolute atomic E-state index is 0.168. The normalized spacial score (nSPS) is 15.4. The van der Waals surface area contributed by atoms with Crippen molar-refractivity contribution in [1.29, 1.82) is 0 Å². The van der Waals surface area contributed by atoms with Crippen LogP contribution in [0.5, 0.6) is 0 Å². The molecular formula is C17H20F3N3O3. The number of halogens is 3. The summed E-state index contributed by atoms with van der Waals surface area (Å²) in [7, 11) is 0. The zero-order chi connectivity index (χ0) is 19.2. The van der Waals surface area contributed by atoms with Crippen molar-refractivity contribution in [1.82, 2.24) is 15.5 Å². The Labute approximate surface area is 148 Å². The molecule has 3 amide bonds. The molecule has 0 spiro atoms. The van der Waals surface area contributed by atoms with Crippen molar-refractivity contribution < 1.29 is 27.6 Å². The quantitative estimate of drug-likeness (QED) is 0.820. The highest BCUT2D eigenvalue weighted by molar-refractivity contribution is 5.96. The number of piperidine rings is 1. The van der Waals surface area contributed by atoms with E-state index in [-0.39, 0.29) is 31.4 Å². The second-order valence-electron chi connectivity index (χ2n) is 6.04. The van der Waals surface area contributed by atoms with Gasteiger partial charge in [-0.05, 0) is 25.0 Å². The van der Waals surface area contributed by atoms with Gasteiger partial charge in [-0.15, -0.1) is 0 Å². The number of benzene rings is 1. The van der Waals surface area contributed by atoms with E-state index < -0.39 is 24.5 Å². The summed E-state index contributed by atoms with van der Waals surface area (Å²) in [5.74, 6) is -1.84. The summed E-state index contributed by atoms with van der Waals surface area (Å²) in [5, 5.41) is 4.40. The van der Waals surface area contributed by atoms with E-state index in [1.807, 2.05) is 5.32 Å². The Balaban J connectivity index is 1.72. The lowest BCUT2D eigenvalue weighted by Crippen LogP contribution is -2.47. The molecule has 9 heteroatoms. The number of hydrogen-bond acceptors (Lipinski definition) is 3. The van der Waals surface area contributed by atoms with Crippen LogP contribution >= 0.6 is 0 Å². The van der Waals surface area contributed by atoms with Gasteiger partial charge in [-0.25, -0.2) is 0 Å². The topological polar surface area (TPSA) is 78.5 Å². The number of nitrogens with one attached hydrogen (secondary N) is 2. The minimum atomic E-state index is -4.44. The van der Waals surface area contributed by atoms with E-state index in [1.54, 1.807) is 30.3 Å². The van der Waals surface area contributed by atoms with Crippen molar-refractivity contribution in [3.05, 3.63) is 35.9 Å². The number of hydrogen-bond donors (Lipinski definition) is 2. The van der Waals surface area contributed by atoms with Crippen LogP contribution in [-0.4, -0.2) is 55.0 Å². The van der Waals surface area contributed by atoms with Gasteiger partial charge >= 0.3 is 6.18 Å². The van der Waals surface area contributed by atoms with Crippen molar-refractivity contribution in [3.8, 4) is 0 Å². The summed E-state index contributed by atoms with van der Waals surface area (Å²) in [5.41, 5.74) is 0.445. The standard InChI is InChI=1S/C17H20F3N3O3/c18-17(19,20)11-22-16(26)13-6-8-23(9-7-13)14(24)10-21-15(25)12-4-2-1-3-5-12/h1-5,13H,6-11H2,(H,21,25)(H,22,26). The summed E-state index contributed by atoms with van der Waals surface area (Å²) in [6, 6.07) is 8.46. The largest absolute Gasteiger partial charge is 0.405 e. The Bertz CT molecular complexity index is 642. The second kappa shape index (κ2) is 8.68. The van der Waals surface area contributed by atoms with Gasteiger partial charge in [0, 0.05) is 24.6 Å². The smallest absolute Gasteiger partial charge is 0.347 e. The molecule has 2 rings (SSSR count). The fourth-order valence-corrected chi connectivity index (χ4v) is 2.68. The first-order valence-corrected chi connectivity index (χ1v) is 8.22. The highest BCUT2D eigenvalue weighted by Crippen LogP contribution is 2.18. The van der Waals surface area contributed by atoms with Crippen molar-refractivity contribution in [2.45, 2.75) is 19.0 Å². The van der Waals surface area contributed by atoms with Crippen LogP contribution in [0.15, 0.2) is 30.3 Å². The van der Waals surface area contributed by atoms with Crippen LogP contribution in [0.2, 0.25) is 0 Å². The lowest BCUT2D eigenvalue weighted by atomic mass is 9.96. The van der Waals surface area contributed by atoms with Crippen molar-refractivity contribution in [2.24, 2.45) is 5.92 Å². The summed E-state index contributed by atoms with van der Waals surface area (Å²) >= 11 is 0. The van der Waals surface area contributed by atoms with Crippen LogP contribution in [0.1, 0.15) is 23.2 Å². The van der Waals surface area contributed by atoms with Gasteiger partial charge in [0.15, 0.2) is 0 Å². The lowest BCUT2D eigenvalue weighted by Gasteiger charge is -2.31. The van der Waals surface area contributed by atoms with Crippen molar-refractivity contribution in [2.75, 3.05) is 26.2 Å². The molecule has 1 aromatic carbocycles. The first kappa shape index (κ1) is 19.7. The van der Waals surface area contributed by atoms with E-state index in [0.717, 1.165) is 0 Å². The maximum atomic E-state index is 12.1. The number of carbonyl (C=O) groups is 3. The molecule has 0 unspecified atom stereocenters. The molecule has 0 saturated carbocycles. The number of carbonyl (C=O) groups excluding carboxylic acids is 3.